The lowest BCUT2D eigenvalue weighted by molar-refractivity contribution is -0.885. The molecule has 1 atom stereocenters. The maximum Gasteiger partial charge on any atom is 0.279 e. The zero-order chi connectivity index (χ0) is 23.0. The van der Waals surface area contributed by atoms with E-state index in [0.29, 0.717) is 48.9 Å². The molecule has 0 aliphatic rings. The molecule has 31 heavy (non-hydrogen) atoms. The number of carbonyl (C=O) groups is 2. The molecule has 2 N–H and O–H groups in total. The molecule has 0 heterocycles. The Morgan fingerprint density at radius 3 is 2.29 bits per heavy atom. The number of hydrogen-bond donors (Lipinski definition) is 2. The summed E-state index contributed by atoms with van der Waals surface area (Å²) in [5, 5.41) is 2.91. The number of ether oxygens (including phenoxy) is 2. The quantitative estimate of drug-likeness (QED) is 0.608. The van der Waals surface area contributed by atoms with Gasteiger partial charge in [-0.25, -0.2) is 0 Å². The van der Waals surface area contributed by atoms with Crippen molar-refractivity contribution in [1.29, 1.82) is 0 Å². The molecular formula is C24H34N3O4+. The molecule has 0 aliphatic carbocycles. The van der Waals surface area contributed by atoms with Crippen LogP contribution in [0.3, 0.4) is 0 Å². The fourth-order valence-electron chi connectivity index (χ4n) is 3.50. The summed E-state index contributed by atoms with van der Waals surface area (Å²) in [5.74, 6) is 1.23. The average Bonchev–Trinajstić information content (AvgIpc) is 2.75. The summed E-state index contributed by atoms with van der Waals surface area (Å²) < 4.78 is 10.7. The van der Waals surface area contributed by atoms with Crippen LogP contribution in [0.5, 0.6) is 11.5 Å². The van der Waals surface area contributed by atoms with Crippen LogP contribution in [0.4, 0.5) is 5.69 Å². The van der Waals surface area contributed by atoms with Crippen molar-refractivity contribution in [3.8, 4) is 11.5 Å². The van der Waals surface area contributed by atoms with Crippen molar-refractivity contribution in [2.24, 2.45) is 0 Å². The third-order valence-corrected chi connectivity index (χ3v) is 5.24. The normalized spacial score (nSPS) is 11.5. The van der Waals surface area contributed by atoms with Gasteiger partial charge in [-0.3, -0.25) is 9.59 Å². The number of amides is 2. The van der Waals surface area contributed by atoms with Crippen LogP contribution in [0.2, 0.25) is 0 Å². The molecule has 2 aromatic rings. The van der Waals surface area contributed by atoms with Gasteiger partial charge in [0.05, 0.1) is 21.3 Å². The summed E-state index contributed by atoms with van der Waals surface area (Å²) in [5.41, 5.74) is 3.37. The number of quaternary nitrogens is 1. The Balaban J connectivity index is 2.02. The second-order valence-electron chi connectivity index (χ2n) is 7.55. The summed E-state index contributed by atoms with van der Waals surface area (Å²) in [6.07, 6.45) is 0. The van der Waals surface area contributed by atoms with Crippen LogP contribution in [0.25, 0.3) is 0 Å². The van der Waals surface area contributed by atoms with E-state index in [-0.39, 0.29) is 11.8 Å². The third kappa shape index (κ3) is 6.46. The monoisotopic (exact) mass is 428 g/mol. The van der Waals surface area contributed by atoms with Crippen molar-refractivity contribution < 1.29 is 24.0 Å². The van der Waals surface area contributed by atoms with E-state index >= 15 is 0 Å². The van der Waals surface area contributed by atoms with E-state index in [9.17, 15) is 9.59 Å². The SMILES string of the molecule is CCN(CC)C(=O)c1cccc(NC(=O)C[NH+](C)Cc2cc(OC)c(OC)cc2C)c1. The Morgan fingerprint density at radius 1 is 1.03 bits per heavy atom. The van der Waals surface area contributed by atoms with Crippen molar-refractivity contribution in [3.05, 3.63) is 53.1 Å². The van der Waals surface area contributed by atoms with E-state index in [2.05, 4.69) is 5.32 Å². The highest BCUT2D eigenvalue weighted by atomic mass is 16.5. The van der Waals surface area contributed by atoms with Crippen LogP contribution in [0, 0.1) is 6.92 Å². The highest BCUT2D eigenvalue weighted by molar-refractivity contribution is 5.97. The van der Waals surface area contributed by atoms with Gasteiger partial charge in [-0.05, 0) is 56.7 Å². The van der Waals surface area contributed by atoms with Gasteiger partial charge < -0.3 is 24.6 Å². The molecule has 0 bridgehead atoms. The maximum absolute atomic E-state index is 12.6. The topological polar surface area (TPSA) is 72.3 Å². The molecule has 0 saturated heterocycles. The number of benzene rings is 2. The van der Waals surface area contributed by atoms with Crippen LogP contribution in [0.1, 0.15) is 35.3 Å². The minimum absolute atomic E-state index is 0.0345. The lowest BCUT2D eigenvalue weighted by Crippen LogP contribution is -3.08. The number of hydrogen-bond acceptors (Lipinski definition) is 4. The summed E-state index contributed by atoms with van der Waals surface area (Å²) in [6, 6.07) is 11.0. The highest BCUT2D eigenvalue weighted by Gasteiger charge is 2.16. The third-order valence-electron chi connectivity index (χ3n) is 5.24. The number of likely N-dealkylation sites (N-methyl/N-ethyl adjacent to an activating group) is 1. The van der Waals surface area contributed by atoms with E-state index in [0.717, 1.165) is 16.0 Å². The van der Waals surface area contributed by atoms with E-state index < -0.39 is 0 Å². The van der Waals surface area contributed by atoms with Crippen LogP contribution >= 0.6 is 0 Å². The second-order valence-corrected chi connectivity index (χ2v) is 7.55. The number of nitrogens with zero attached hydrogens (tertiary/aromatic N) is 1. The molecule has 2 rings (SSSR count). The molecular weight excluding hydrogens is 394 g/mol. The van der Waals surface area contributed by atoms with Crippen LogP contribution < -0.4 is 19.7 Å². The van der Waals surface area contributed by atoms with Gasteiger partial charge in [0.25, 0.3) is 11.8 Å². The molecule has 0 fully saturated rings. The van der Waals surface area contributed by atoms with E-state index in [1.54, 1.807) is 43.4 Å². The maximum atomic E-state index is 12.6. The van der Waals surface area contributed by atoms with Gasteiger partial charge in [0, 0.05) is 29.9 Å². The van der Waals surface area contributed by atoms with Crippen LogP contribution in [-0.2, 0) is 11.3 Å². The highest BCUT2D eigenvalue weighted by Crippen LogP contribution is 2.29. The first-order valence-electron chi connectivity index (χ1n) is 10.5. The first kappa shape index (κ1) is 24.2. The van der Waals surface area contributed by atoms with Gasteiger partial charge in [0.15, 0.2) is 18.0 Å². The molecule has 0 aromatic heterocycles. The van der Waals surface area contributed by atoms with Crippen LogP contribution in [0.15, 0.2) is 36.4 Å². The van der Waals surface area contributed by atoms with E-state index in [1.807, 2.05) is 40.0 Å². The smallest absolute Gasteiger partial charge is 0.279 e. The van der Waals surface area contributed by atoms with E-state index in [4.69, 9.17) is 9.47 Å². The largest absolute Gasteiger partial charge is 0.493 e. The molecule has 2 aromatic carbocycles. The number of carbonyl (C=O) groups excluding carboxylic acids is 2. The minimum Gasteiger partial charge on any atom is -0.493 e. The lowest BCUT2D eigenvalue weighted by Gasteiger charge is -2.19. The van der Waals surface area contributed by atoms with Crippen molar-refractivity contribution >= 4 is 17.5 Å². The van der Waals surface area contributed by atoms with Crippen molar-refractivity contribution in [2.75, 3.05) is 46.2 Å². The molecule has 7 nitrogen and oxygen atoms in total. The van der Waals surface area contributed by atoms with Gasteiger partial charge >= 0.3 is 0 Å². The fraction of sp³-hybridized carbons (Fsp3) is 0.417. The Kier molecular flexibility index (Phi) is 8.88. The van der Waals surface area contributed by atoms with Gasteiger partial charge in [-0.2, -0.15) is 0 Å². The first-order chi connectivity index (χ1) is 14.8. The zero-order valence-electron chi connectivity index (χ0n) is 19.4. The minimum atomic E-state index is -0.108. The predicted molar refractivity (Wildman–Crippen MR) is 122 cm³/mol. The molecule has 168 valence electrons. The van der Waals surface area contributed by atoms with Crippen molar-refractivity contribution in [3.63, 3.8) is 0 Å². The van der Waals surface area contributed by atoms with Gasteiger partial charge in [0.2, 0.25) is 0 Å². The standard InChI is InChI=1S/C24H33N3O4/c1-7-27(8-2)24(29)18-10-9-11-20(13-18)25-23(28)16-26(4)15-19-14-22(31-6)21(30-5)12-17(19)3/h9-14H,7-8,15-16H2,1-6H3,(H,25,28)/p+1. The Bertz CT molecular complexity index is 910. The average molecular weight is 429 g/mol. The predicted octanol–water partition coefficient (Wildman–Crippen LogP) is 2.15. The number of aryl methyl sites for hydroxylation is 1. The zero-order valence-corrected chi connectivity index (χ0v) is 19.4. The molecule has 1 unspecified atom stereocenters. The first-order valence-corrected chi connectivity index (χ1v) is 10.5. The van der Waals surface area contributed by atoms with Crippen molar-refractivity contribution in [2.45, 2.75) is 27.3 Å². The summed E-state index contributed by atoms with van der Waals surface area (Å²) in [6.45, 7) is 8.17. The molecule has 2 amide bonds. The lowest BCUT2D eigenvalue weighted by atomic mass is 10.1. The number of anilines is 1. The fourth-order valence-corrected chi connectivity index (χ4v) is 3.50. The Labute approximate surface area is 184 Å². The molecule has 0 aliphatic heterocycles. The van der Waals surface area contributed by atoms with Crippen molar-refractivity contribution in [1.82, 2.24) is 4.90 Å². The van der Waals surface area contributed by atoms with E-state index in [1.165, 1.54) is 0 Å². The number of rotatable bonds is 10. The van der Waals surface area contributed by atoms with Gasteiger partial charge in [-0.1, -0.05) is 6.07 Å². The Morgan fingerprint density at radius 2 is 1.68 bits per heavy atom. The molecule has 0 saturated carbocycles. The Hall–Kier alpha value is -3.06. The number of nitrogens with one attached hydrogen (secondary N) is 2. The second kappa shape index (κ2) is 11.4. The summed E-state index contributed by atoms with van der Waals surface area (Å²) >= 11 is 0. The molecule has 7 heteroatoms. The molecule has 0 spiro atoms. The van der Waals surface area contributed by atoms with Gasteiger partial charge in [-0.15, -0.1) is 0 Å². The molecule has 0 radical (unpaired) electrons. The van der Waals surface area contributed by atoms with Crippen LogP contribution in [-0.4, -0.2) is 57.6 Å². The summed E-state index contributed by atoms with van der Waals surface area (Å²) in [7, 11) is 5.19. The van der Waals surface area contributed by atoms with Gasteiger partial charge in [0.1, 0.15) is 6.54 Å². The number of methoxy groups -OCH3 is 2. The summed E-state index contributed by atoms with van der Waals surface area (Å²) in [4.78, 5) is 27.9.